The fraction of sp³-hybridized carbons (Fsp3) is 0.476. The summed E-state index contributed by atoms with van der Waals surface area (Å²) in [5.74, 6) is 0.384. The maximum Gasteiger partial charge on any atom is 0.233 e. The van der Waals surface area contributed by atoms with Gasteiger partial charge < -0.3 is 14.8 Å². The van der Waals surface area contributed by atoms with Crippen LogP contribution in [0.3, 0.4) is 0 Å². The first-order valence-electron chi connectivity index (χ1n) is 9.73. The second kappa shape index (κ2) is 7.66. The highest BCUT2D eigenvalue weighted by Gasteiger charge is 2.46. The molecule has 3 atom stereocenters. The number of hydrogen-bond acceptors (Lipinski definition) is 5. The van der Waals surface area contributed by atoms with E-state index < -0.39 is 0 Å². The van der Waals surface area contributed by atoms with Crippen molar-refractivity contribution in [3.8, 4) is 11.5 Å². The van der Waals surface area contributed by atoms with E-state index >= 15 is 0 Å². The van der Waals surface area contributed by atoms with Gasteiger partial charge in [0.2, 0.25) is 17.7 Å². The van der Waals surface area contributed by atoms with Crippen molar-refractivity contribution in [2.24, 2.45) is 11.8 Å². The fourth-order valence-electron chi connectivity index (χ4n) is 4.03. The van der Waals surface area contributed by atoms with Crippen LogP contribution in [-0.2, 0) is 14.4 Å². The maximum absolute atomic E-state index is 12.5. The normalized spacial score (nSPS) is 24.1. The number of nitrogens with zero attached hydrogens (tertiary/aromatic N) is 1. The molecule has 0 spiro atoms. The van der Waals surface area contributed by atoms with Gasteiger partial charge in [0.15, 0.2) is 11.5 Å². The van der Waals surface area contributed by atoms with Crippen LogP contribution in [0.4, 0.5) is 0 Å². The Bertz CT molecular complexity index is 808. The van der Waals surface area contributed by atoms with Crippen LogP contribution in [-0.4, -0.2) is 42.4 Å². The highest BCUT2D eigenvalue weighted by Crippen LogP contribution is 2.35. The first-order chi connectivity index (χ1) is 13.5. The molecule has 1 aromatic carbocycles. The maximum atomic E-state index is 12.5. The fourth-order valence-corrected chi connectivity index (χ4v) is 4.03. The van der Waals surface area contributed by atoms with E-state index in [-0.39, 0.29) is 48.6 Å². The smallest absolute Gasteiger partial charge is 0.233 e. The number of allylic oxidation sites excluding steroid dienone is 2. The summed E-state index contributed by atoms with van der Waals surface area (Å²) in [6.45, 7) is 3.05. The van der Waals surface area contributed by atoms with Crippen LogP contribution in [0, 0.1) is 11.8 Å². The lowest BCUT2D eigenvalue weighted by Crippen LogP contribution is -2.36. The van der Waals surface area contributed by atoms with Crippen molar-refractivity contribution >= 4 is 17.7 Å². The molecule has 0 saturated carbocycles. The minimum absolute atomic E-state index is 0.0965. The number of fused-ring (bicyclic) bond motifs is 2. The van der Waals surface area contributed by atoms with E-state index in [1.54, 1.807) is 0 Å². The van der Waals surface area contributed by atoms with Crippen LogP contribution >= 0.6 is 0 Å². The molecule has 4 rings (SSSR count). The number of carbonyl (C=O) groups is 3. The zero-order valence-corrected chi connectivity index (χ0v) is 15.8. The van der Waals surface area contributed by atoms with Crippen molar-refractivity contribution in [1.29, 1.82) is 0 Å². The van der Waals surface area contributed by atoms with E-state index in [1.165, 1.54) is 4.90 Å². The molecule has 3 aliphatic rings. The topological polar surface area (TPSA) is 84.9 Å². The Labute approximate surface area is 163 Å². The van der Waals surface area contributed by atoms with Crippen molar-refractivity contribution in [2.75, 3.05) is 19.8 Å². The predicted molar refractivity (Wildman–Crippen MR) is 101 cm³/mol. The molecule has 2 heterocycles. The van der Waals surface area contributed by atoms with Gasteiger partial charge >= 0.3 is 0 Å². The molecule has 0 unspecified atom stereocenters. The van der Waals surface area contributed by atoms with E-state index in [1.807, 2.05) is 37.3 Å². The number of likely N-dealkylation sites (tertiary alicyclic amines) is 1. The van der Waals surface area contributed by atoms with E-state index in [2.05, 4.69) is 5.32 Å². The third-order valence-corrected chi connectivity index (χ3v) is 5.61. The van der Waals surface area contributed by atoms with E-state index in [4.69, 9.17) is 9.47 Å². The van der Waals surface area contributed by atoms with Gasteiger partial charge in [-0.3, -0.25) is 19.3 Å². The third-order valence-electron chi connectivity index (χ3n) is 5.61. The number of ether oxygens (including phenoxy) is 2. The average Bonchev–Trinajstić information content (AvgIpc) is 2.96. The van der Waals surface area contributed by atoms with Crippen molar-refractivity contribution in [3.05, 3.63) is 35.9 Å². The number of nitrogens with one attached hydrogen (secondary N) is 1. The summed E-state index contributed by atoms with van der Waals surface area (Å²) in [5, 5.41) is 2.92. The number of rotatable bonds is 5. The number of amides is 3. The largest absolute Gasteiger partial charge is 0.486 e. The molecule has 0 bridgehead atoms. The van der Waals surface area contributed by atoms with Crippen molar-refractivity contribution in [3.63, 3.8) is 0 Å². The standard InChI is InChI=1S/C21H24N2O5/c1-13(14-6-7-17-18(12-14)28-11-10-27-17)22-19(24)8-9-23-20(25)15-4-2-3-5-16(15)21(23)26/h2-3,6-7,12-13,15-16H,4-5,8-11H2,1H3,(H,22,24)/t13-,15+,16+/m1/s1. The van der Waals surface area contributed by atoms with Gasteiger partial charge in [0, 0.05) is 13.0 Å². The zero-order valence-electron chi connectivity index (χ0n) is 15.8. The Morgan fingerprint density at radius 3 is 2.43 bits per heavy atom. The molecule has 28 heavy (non-hydrogen) atoms. The molecule has 1 aromatic rings. The summed E-state index contributed by atoms with van der Waals surface area (Å²) in [6.07, 6.45) is 5.23. The summed E-state index contributed by atoms with van der Waals surface area (Å²) < 4.78 is 11.1. The number of hydrogen-bond donors (Lipinski definition) is 1. The Kier molecular flexibility index (Phi) is 5.07. The van der Waals surface area contributed by atoms with Crippen molar-refractivity contribution in [1.82, 2.24) is 10.2 Å². The van der Waals surface area contributed by atoms with Crippen molar-refractivity contribution < 1.29 is 23.9 Å². The first-order valence-corrected chi connectivity index (χ1v) is 9.73. The van der Waals surface area contributed by atoms with Gasteiger partial charge in [-0.2, -0.15) is 0 Å². The second-order valence-electron chi connectivity index (χ2n) is 7.43. The number of benzene rings is 1. The minimum atomic E-state index is -0.253. The molecular weight excluding hydrogens is 360 g/mol. The first kappa shape index (κ1) is 18.5. The van der Waals surface area contributed by atoms with Gasteiger partial charge in [-0.15, -0.1) is 0 Å². The van der Waals surface area contributed by atoms with Gasteiger partial charge in [-0.25, -0.2) is 0 Å². The van der Waals surface area contributed by atoms with Gasteiger partial charge in [-0.1, -0.05) is 18.2 Å². The zero-order chi connectivity index (χ0) is 19.7. The summed E-state index contributed by atoms with van der Waals surface area (Å²) in [4.78, 5) is 38.5. The van der Waals surface area contributed by atoms with Crippen LogP contribution in [0.15, 0.2) is 30.4 Å². The summed E-state index contributed by atoms with van der Waals surface area (Å²) in [5.41, 5.74) is 0.906. The Morgan fingerprint density at radius 1 is 1.11 bits per heavy atom. The molecule has 1 aliphatic carbocycles. The molecule has 0 aromatic heterocycles. The molecule has 7 nitrogen and oxygen atoms in total. The molecule has 1 N–H and O–H groups in total. The molecule has 7 heteroatoms. The van der Waals surface area contributed by atoms with Crippen LogP contribution in [0.2, 0.25) is 0 Å². The molecule has 2 aliphatic heterocycles. The Balaban J connectivity index is 1.32. The quantitative estimate of drug-likeness (QED) is 0.620. The molecule has 3 amide bonds. The molecular formula is C21H24N2O5. The van der Waals surface area contributed by atoms with Crippen LogP contribution in [0.1, 0.15) is 37.8 Å². The van der Waals surface area contributed by atoms with Crippen LogP contribution in [0.25, 0.3) is 0 Å². The Hall–Kier alpha value is -2.83. The van der Waals surface area contributed by atoms with Crippen molar-refractivity contribution in [2.45, 2.75) is 32.2 Å². The van der Waals surface area contributed by atoms with Crippen LogP contribution < -0.4 is 14.8 Å². The Morgan fingerprint density at radius 2 is 1.75 bits per heavy atom. The van der Waals surface area contributed by atoms with Crippen LogP contribution in [0.5, 0.6) is 11.5 Å². The van der Waals surface area contributed by atoms with Gasteiger partial charge in [0.1, 0.15) is 13.2 Å². The van der Waals surface area contributed by atoms with E-state index in [0.29, 0.717) is 37.6 Å². The number of carbonyl (C=O) groups excluding carboxylic acids is 3. The molecule has 1 saturated heterocycles. The molecule has 0 radical (unpaired) electrons. The summed E-state index contributed by atoms with van der Waals surface area (Å²) in [7, 11) is 0. The predicted octanol–water partition coefficient (Wildman–Crippen LogP) is 1.98. The second-order valence-corrected chi connectivity index (χ2v) is 7.43. The van der Waals surface area contributed by atoms with Gasteiger partial charge in [0.05, 0.1) is 17.9 Å². The summed E-state index contributed by atoms with van der Waals surface area (Å²) in [6, 6.07) is 5.37. The lowest BCUT2D eigenvalue weighted by atomic mass is 9.85. The highest BCUT2D eigenvalue weighted by molar-refractivity contribution is 6.05. The van der Waals surface area contributed by atoms with E-state index in [9.17, 15) is 14.4 Å². The SMILES string of the molecule is C[C@@H](NC(=O)CCN1C(=O)[C@H]2CC=CC[C@@H]2C1=O)c1ccc2c(c1)OCCO2. The monoisotopic (exact) mass is 384 g/mol. The average molecular weight is 384 g/mol. The molecule has 1 fully saturated rings. The summed E-state index contributed by atoms with van der Waals surface area (Å²) >= 11 is 0. The lowest BCUT2D eigenvalue weighted by molar-refractivity contribution is -0.140. The minimum Gasteiger partial charge on any atom is -0.486 e. The van der Waals surface area contributed by atoms with Gasteiger partial charge in [-0.05, 0) is 37.5 Å². The lowest BCUT2D eigenvalue weighted by Gasteiger charge is -2.21. The molecule has 148 valence electrons. The van der Waals surface area contributed by atoms with Gasteiger partial charge in [0.25, 0.3) is 0 Å². The number of imide groups is 1. The highest BCUT2D eigenvalue weighted by atomic mass is 16.6. The van der Waals surface area contributed by atoms with E-state index in [0.717, 1.165) is 5.56 Å². The third kappa shape index (κ3) is 3.48.